The van der Waals surface area contributed by atoms with Gasteiger partial charge < -0.3 is 5.32 Å². The highest BCUT2D eigenvalue weighted by atomic mass is 32.2. The Kier molecular flexibility index (Phi) is 5.66. The van der Waals surface area contributed by atoms with E-state index in [2.05, 4.69) is 26.1 Å². The van der Waals surface area contributed by atoms with Gasteiger partial charge in [0.1, 0.15) is 9.84 Å². The van der Waals surface area contributed by atoms with Gasteiger partial charge in [-0.25, -0.2) is 8.42 Å². The Morgan fingerprint density at radius 1 is 1.11 bits per heavy atom. The second-order valence-corrected chi connectivity index (χ2v) is 9.11. The zero-order chi connectivity index (χ0) is 13.8. The van der Waals surface area contributed by atoms with Crippen molar-refractivity contribution in [3.63, 3.8) is 0 Å². The number of rotatable bonds is 5. The molecule has 0 heterocycles. The van der Waals surface area contributed by atoms with Gasteiger partial charge in [0.2, 0.25) is 0 Å². The predicted octanol–water partition coefficient (Wildman–Crippen LogP) is 2.62. The molecule has 0 aliphatic heterocycles. The van der Waals surface area contributed by atoms with Gasteiger partial charge in [0.15, 0.2) is 0 Å². The first kappa shape index (κ1) is 16.0. The molecule has 108 valence electrons. The van der Waals surface area contributed by atoms with E-state index in [-0.39, 0.29) is 5.54 Å². The van der Waals surface area contributed by atoms with Crippen molar-refractivity contribution in [2.45, 2.75) is 58.4 Å². The zero-order valence-electron chi connectivity index (χ0n) is 12.3. The lowest BCUT2D eigenvalue weighted by Gasteiger charge is -2.34. The third kappa shape index (κ3) is 6.74. The molecule has 2 atom stereocenters. The minimum atomic E-state index is -2.81. The summed E-state index contributed by atoms with van der Waals surface area (Å²) in [5.41, 5.74) is 0.152. The minimum absolute atomic E-state index is 0.152. The average molecular weight is 275 g/mol. The van der Waals surface area contributed by atoms with Gasteiger partial charge in [-0.3, -0.25) is 0 Å². The Morgan fingerprint density at radius 2 is 1.67 bits per heavy atom. The van der Waals surface area contributed by atoms with E-state index < -0.39 is 9.84 Å². The molecule has 3 nitrogen and oxygen atoms in total. The summed E-state index contributed by atoms with van der Waals surface area (Å²) >= 11 is 0. The first-order valence-corrected chi connectivity index (χ1v) is 9.16. The van der Waals surface area contributed by atoms with E-state index in [1.165, 1.54) is 31.9 Å². The lowest BCUT2D eigenvalue weighted by molar-refractivity contribution is 0.210. The second kappa shape index (κ2) is 6.38. The fraction of sp³-hybridized carbons (Fsp3) is 1.00. The van der Waals surface area contributed by atoms with Crippen molar-refractivity contribution in [2.24, 2.45) is 11.8 Å². The molecule has 0 aromatic rings. The fourth-order valence-electron chi connectivity index (χ4n) is 2.74. The third-order valence-corrected chi connectivity index (χ3v) is 4.80. The third-order valence-electron chi connectivity index (χ3n) is 3.82. The van der Waals surface area contributed by atoms with Crippen molar-refractivity contribution in [1.29, 1.82) is 0 Å². The highest BCUT2D eigenvalue weighted by Crippen LogP contribution is 2.32. The molecule has 1 aliphatic carbocycles. The van der Waals surface area contributed by atoms with Gasteiger partial charge in [-0.15, -0.1) is 0 Å². The smallest absolute Gasteiger partial charge is 0.147 e. The van der Waals surface area contributed by atoms with Crippen LogP contribution in [0, 0.1) is 11.8 Å². The maximum Gasteiger partial charge on any atom is 0.147 e. The number of hydrogen-bond acceptors (Lipinski definition) is 3. The van der Waals surface area contributed by atoms with Gasteiger partial charge in [0.25, 0.3) is 0 Å². The van der Waals surface area contributed by atoms with Crippen molar-refractivity contribution in [3.05, 3.63) is 0 Å². The van der Waals surface area contributed by atoms with E-state index in [4.69, 9.17) is 0 Å². The molecular formula is C14H29NO2S. The quantitative estimate of drug-likeness (QED) is 0.839. The van der Waals surface area contributed by atoms with Crippen molar-refractivity contribution in [2.75, 3.05) is 18.6 Å². The maximum absolute atomic E-state index is 11.3. The van der Waals surface area contributed by atoms with Gasteiger partial charge in [-0.1, -0.05) is 19.3 Å². The van der Waals surface area contributed by atoms with Gasteiger partial charge >= 0.3 is 0 Å². The number of sulfone groups is 1. The number of nitrogens with one attached hydrogen (secondary N) is 1. The van der Waals surface area contributed by atoms with Crippen LogP contribution in [0.2, 0.25) is 0 Å². The lowest BCUT2D eigenvalue weighted by atomic mass is 9.77. The molecule has 0 saturated heterocycles. The SMILES string of the molecule is CC(C)(C)NCC1CCCCC1CCS(C)(=O)=O. The van der Waals surface area contributed by atoms with Crippen LogP contribution in [0.1, 0.15) is 52.9 Å². The van der Waals surface area contributed by atoms with Crippen LogP contribution in [0.15, 0.2) is 0 Å². The predicted molar refractivity (Wildman–Crippen MR) is 77.5 cm³/mol. The van der Waals surface area contributed by atoms with E-state index in [0.29, 0.717) is 17.6 Å². The van der Waals surface area contributed by atoms with E-state index in [1.807, 2.05) is 0 Å². The van der Waals surface area contributed by atoms with Crippen LogP contribution in [0.3, 0.4) is 0 Å². The van der Waals surface area contributed by atoms with Gasteiger partial charge in [-0.05, 0) is 52.0 Å². The molecule has 1 fully saturated rings. The van der Waals surface area contributed by atoms with Crippen LogP contribution in [-0.4, -0.2) is 32.5 Å². The fourth-order valence-corrected chi connectivity index (χ4v) is 3.47. The summed E-state index contributed by atoms with van der Waals surface area (Å²) in [4.78, 5) is 0. The Hall–Kier alpha value is -0.0900. The van der Waals surface area contributed by atoms with Crippen LogP contribution in [0.4, 0.5) is 0 Å². The molecule has 0 aromatic carbocycles. The van der Waals surface area contributed by atoms with Gasteiger partial charge in [0.05, 0.1) is 5.75 Å². The van der Waals surface area contributed by atoms with E-state index in [9.17, 15) is 8.42 Å². The highest BCUT2D eigenvalue weighted by molar-refractivity contribution is 7.90. The molecule has 1 saturated carbocycles. The molecule has 4 heteroatoms. The molecular weight excluding hydrogens is 246 g/mol. The lowest BCUT2D eigenvalue weighted by Crippen LogP contribution is -2.41. The summed E-state index contributed by atoms with van der Waals surface area (Å²) in [6.45, 7) is 7.57. The van der Waals surface area contributed by atoms with Crippen molar-refractivity contribution < 1.29 is 8.42 Å². The Labute approximate surface area is 113 Å². The van der Waals surface area contributed by atoms with Crippen LogP contribution >= 0.6 is 0 Å². The average Bonchev–Trinajstić information content (AvgIpc) is 2.22. The standard InChI is InChI=1S/C14H29NO2S/c1-14(2,3)15-11-13-8-6-5-7-12(13)9-10-18(4,16)17/h12-13,15H,5-11H2,1-4H3. The molecule has 0 spiro atoms. The summed E-state index contributed by atoms with van der Waals surface area (Å²) in [7, 11) is -2.81. The second-order valence-electron chi connectivity index (χ2n) is 6.85. The van der Waals surface area contributed by atoms with Crippen molar-refractivity contribution in [3.8, 4) is 0 Å². The monoisotopic (exact) mass is 275 g/mol. The topological polar surface area (TPSA) is 46.2 Å². The van der Waals surface area contributed by atoms with Crippen LogP contribution in [0.25, 0.3) is 0 Å². The van der Waals surface area contributed by atoms with Crippen LogP contribution in [-0.2, 0) is 9.84 Å². The summed E-state index contributed by atoms with van der Waals surface area (Å²) in [6, 6.07) is 0. The number of hydrogen-bond donors (Lipinski definition) is 1. The summed E-state index contributed by atoms with van der Waals surface area (Å²) in [5, 5.41) is 3.57. The van der Waals surface area contributed by atoms with Crippen LogP contribution < -0.4 is 5.32 Å². The molecule has 2 unspecified atom stereocenters. The van der Waals surface area contributed by atoms with Crippen molar-refractivity contribution >= 4 is 9.84 Å². The van der Waals surface area contributed by atoms with Crippen molar-refractivity contribution in [1.82, 2.24) is 5.32 Å². The molecule has 0 amide bonds. The minimum Gasteiger partial charge on any atom is -0.312 e. The van der Waals surface area contributed by atoms with Gasteiger partial charge in [-0.2, -0.15) is 0 Å². The van der Waals surface area contributed by atoms with Crippen LogP contribution in [0.5, 0.6) is 0 Å². The Balaban J connectivity index is 2.47. The summed E-state index contributed by atoms with van der Waals surface area (Å²) in [5.74, 6) is 1.59. The Bertz CT molecular complexity index is 343. The molecule has 1 N–H and O–H groups in total. The molecule has 1 rings (SSSR count). The normalized spacial score (nSPS) is 26.2. The molecule has 0 aromatic heterocycles. The van der Waals surface area contributed by atoms with E-state index in [1.54, 1.807) is 0 Å². The maximum atomic E-state index is 11.3. The molecule has 0 radical (unpaired) electrons. The molecule has 0 bridgehead atoms. The first-order chi connectivity index (χ1) is 8.17. The highest BCUT2D eigenvalue weighted by Gasteiger charge is 2.26. The Morgan fingerprint density at radius 3 is 2.17 bits per heavy atom. The van der Waals surface area contributed by atoms with E-state index >= 15 is 0 Å². The first-order valence-electron chi connectivity index (χ1n) is 7.10. The summed E-state index contributed by atoms with van der Waals surface area (Å²) < 4.78 is 22.6. The molecule has 1 aliphatic rings. The molecule has 18 heavy (non-hydrogen) atoms. The van der Waals surface area contributed by atoms with Gasteiger partial charge in [0, 0.05) is 11.8 Å². The zero-order valence-corrected chi connectivity index (χ0v) is 13.1. The largest absolute Gasteiger partial charge is 0.312 e. The van der Waals surface area contributed by atoms with E-state index in [0.717, 1.165) is 13.0 Å². The summed E-state index contributed by atoms with van der Waals surface area (Å²) in [6.07, 6.45) is 7.20.